The van der Waals surface area contributed by atoms with Crippen LogP contribution in [0.3, 0.4) is 0 Å². The Hall–Kier alpha value is -1.91. The van der Waals surface area contributed by atoms with Crippen LogP contribution in [0.1, 0.15) is 11.3 Å². The molecule has 0 atom stereocenters. The highest BCUT2D eigenvalue weighted by Gasteiger charge is 2.25. The van der Waals surface area contributed by atoms with Crippen molar-refractivity contribution < 1.29 is 8.42 Å². The summed E-state index contributed by atoms with van der Waals surface area (Å²) < 4.78 is 26.0. The molecule has 0 aliphatic carbocycles. The van der Waals surface area contributed by atoms with Crippen molar-refractivity contribution in [3.63, 3.8) is 0 Å². The van der Waals surface area contributed by atoms with E-state index >= 15 is 0 Å². The lowest BCUT2D eigenvalue weighted by Crippen LogP contribution is -2.27. The van der Waals surface area contributed by atoms with Gasteiger partial charge in [0.15, 0.2) is 5.13 Å². The zero-order chi connectivity index (χ0) is 14.0. The van der Waals surface area contributed by atoms with Crippen LogP contribution in [0.15, 0.2) is 34.5 Å². The van der Waals surface area contributed by atoms with Gasteiger partial charge in [0, 0.05) is 12.4 Å². The Bertz CT molecular complexity index is 744. The van der Waals surface area contributed by atoms with Gasteiger partial charge in [-0.2, -0.15) is 5.26 Å². The highest BCUT2D eigenvalue weighted by Crippen LogP contribution is 2.26. The van der Waals surface area contributed by atoms with Crippen LogP contribution in [-0.2, 0) is 10.0 Å². The first kappa shape index (κ1) is 13.5. The predicted octanol–water partition coefficient (Wildman–Crippen LogP) is 2.15. The molecule has 2 aromatic rings. The first-order chi connectivity index (χ1) is 8.96. The molecule has 2 rings (SSSR count). The van der Waals surface area contributed by atoms with Gasteiger partial charge in [-0.25, -0.2) is 17.7 Å². The summed E-state index contributed by atoms with van der Waals surface area (Å²) in [6.07, 6.45) is 0. The molecule has 98 valence electrons. The van der Waals surface area contributed by atoms with E-state index in [4.69, 9.17) is 5.26 Å². The average Bonchev–Trinajstić information content (AvgIpc) is 2.84. The second-order valence-electron chi connectivity index (χ2n) is 3.85. The van der Waals surface area contributed by atoms with Crippen LogP contribution in [0.4, 0.5) is 5.13 Å². The number of hydrogen-bond donors (Lipinski definition) is 0. The summed E-state index contributed by atoms with van der Waals surface area (Å²) in [7, 11) is -2.33. The third kappa shape index (κ3) is 2.45. The highest BCUT2D eigenvalue weighted by molar-refractivity contribution is 7.93. The Kier molecular flexibility index (Phi) is 3.55. The Balaban J connectivity index is 2.51. The lowest BCUT2D eigenvalue weighted by Gasteiger charge is -2.16. The Morgan fingerprint density at radius 1 is 1.37 bits per heavy atom. The largest absolute Gasteiger partial charge is 0.267 e. The molecule has 5 nitrogen and oxygen atoms in total. The number of sulfonamides is 1. The van der Waals surface area contributed by atoms with Crippen molar-refractivity contribution in [2.75, 3.05) is 11.4 Å². The van der Waals surface area contributed by atoms with Crippen molar-refractivity contribution in [2.45, 2.75) is 11.8 Å². The minimum absolute atomic E-state index is 0.00662. The minimum Gasteiger partial charge on any atom is -0.244 e. The second kappa shape index (κ2) is 4.99. The maximum atomic E-state index is 12.5. The fourth-order valence-corrected chi connectivity index (χ4v) is 3.80. The number of benzene rings is 1. The van der Waals surface area contributed by atoms with Gasteiger partial charge in [-0.3, -0.25) is 0 Å². The van der Waals surface area contributed by atoms with Crippen LogP contribution in [0, 0.1) is 18.3 Å². The van der Waals surface area contributed by atoms with E-state index in [2.05, 4.69) is 4.98 Å². The molecule has 19 heavy (non-hydrogen) atoms. The highest BCUT2D eigenvalue weighted by atomic mass is 32.2. The van der Waals surface area contributed by atoms with Gasteiger partial charge in [-0.05, 0) is 19.1 Å². The van der Waals surface area contributed by atoms with E-state index in [0.717, 1.165) is 10.00 Å². The van der Waals surface area contributed by atoms with E-state index in [1.54, 1.807) is 24.4 Å². The van der Waals surface area contributed by atoms with Crippen molar-refractivity contribution in [3.8, 4) is 6.07 Å². The van der Waals surface area contributed by atoms with Crippen LogP contribution in [-0.4, -0.2) is 20.4 Å². The molecule has 0 radical (unpaired) electrons. The topological polar surface area (TPSA) is 74.1 Å². The maximum absolute atomic E-state index is 12.5. The first-order valence-corrected chi connectivity index (χ1v) is 7.69. The summed E-state index contributed by atoms with van der Waals surface area (Å²) in [5.74, 6) is 0. The molecule has 0 bridgehead atoms. The smallest absolute Gasteiger partial charge is 0.244 e. The summed E-state index contributed by atoms with van der Waals surface area (Å²) in [6.45, 7) is 1.80. The van der Waals surface area contributed by atoms with Crippen molar-refractivity contribution in [3.05, 3.63) is 40.9 Å². The van der Waals surface area contributed by atoms with Gasteiger partial charge in [0.25, 0.3) is 10.0 Å². The van der Waals surface area contributed by atoms with Gasteiger partial charge in [-0.15, -0.1) is 11.3 Å². The van der Waals surface area contributed by atoms with Gasteiger partial charge >= 0.3 is 0 Å². The average molecular weight is 293 g/mol. The molecule has 0 amide bonds. The third-order valence-electron chi connectivity index (χ3n) is 2.52. The number of aryl methyl sites for hydroxylation is 1. The SMILES string of the molecule is Cc1csc(N(C)S(=O)(=O)c2ccccc2C#N)n1. The van der Waals surface area contributed by atoms with Crippen molar-refractivity contribution in [1.29, 1.82) is 5.26 Å². The molecule has 0 aliphatic rings. The van der Waals surface area contributed by atoms with E-state index < -0.39 is 10.0 Å². The molecular weight excluding hydrogens is 282 g/mol. The molecule has 1 heterocycles. The van der Waals surface area contributed by atoms with Crippen molar-refractivity contribution in [2.24, 2.45) is 0 Å². The van der Waals surface area contributed by atoms with Gasteiger partial charge in [0.2, 0.25) is 0 Å². The summed E-state index contributed by atoms with van der Waals surface area (Å²) in [4.78, 5) is 4.13. The van der Waals surface area contributed by atoms with Crippen molar-refractivity contribution >= 4 is 26.5 Å². The summed E-state index contributed by atoms with van der Waals surface area (Å²) >= 11 is 1.25. The maximum Gasteiger partial charge on any atom is 0.267 e. The Morgan fingerprint density at radius 2 is 2.05 bits per heavy atom. The Morgan fingerprint density at radius 3 is 2.63 bits per heavy atom. The fourth-order valence-electron chi connectivity index (χ4n) is 1.52. The quantitative estimate of drug-likeness (QED) is 0.869. The summed E-state index contributed by atoms with van der Waals surface area (Å²) in [5.41, 5.74) is 0.887. The molecule has 7 heteroatoms. The van der Waals surface area contributed by atoms with Crippen LogP contribution >= 0.6 is 11.3 Å². The number of anilines is 1. The number of thiazole rings is 1. The van der Waals surface area contributed by atoms with E-state index in [1.807, 2.05) is 6.07 Å². The fraction of sp³-hybridized carbons (Fsp3) is 0.167. The van der Waals surface area contributed by atoms with Crippen LogP contribution in [0.25, 0.3) is 0 Å². The van der Waals surface area contributed by atoms with E-state index in [1.165, 1.54) is 30.5 Å². The molecule has 0 saturated heterocycles. The number of nitriles is 1. The first-order valence-electron chi connectivity index (χ1n) is 5.37. The molecular formula is C12H11N3O2S2. The minimum atomic E-state index is -3.76. The summed E-state index contributed by atoms with van der Waals surface area (Å²) in [5, 5.41) is 11.1. The van der Waals surface area contributed by atoms with Gasteiger partial charge in [0.05, 0.1) is 11.3 Å². The monoisotopic (exact) mass is 293 g/mol. The summed E-state index contributed by atoms with van der Waals surface area (Å²) in [6, 6.07) is 8.01. The zero-order valence-electron chi connectivity index (χ0n) is 10.4. The predicted molar refractivity (Wildman–Crippen MR) is 73.6 cm³/mol. The van der Waals surface area contributed by atoms with Crippen LogP contribution in [0.2, 0.25) is 0 Å². The Labute approximate surface area is 115 Å². The number of nitrogens with zero attached hydrogens (tertiary/aromatic N) is 3. The molecule has 0 saturated carbocycles. The van der Waals surface area contributed by atoms with Gasteiger partial charge in [-0.1, -0.05) is 12.1 Å². The molecule has 0 unspecified atom stereocenters. The number of hydrogen-bond acceptors (Lipinski definition) is 5. The van der Waals surface area contributed by atoms with Crippen molar-refractivity contribution in [1.82, 2.24) is 4.98 Å². The molecule has 0 aliphatic heterocycles. The van der Waals surface area contributed by atoms with E-state index in [0.29, 0.717) is 5.13 Å². The number of rotatable bonds is 3. The lowest BCUT2D eigenvalue weighted by atomic mass is 10.2. The van der Waals surface area contributed by atoms with Gasteiger partial charge < -0.3 is 0 Å². The normalized spacial score (nSPS) is 11.0. The molecule has 1 aromatic carbocycles. The molecule has 0 N–H and O–H groups in total. The second-order valence-corrected chi connectivity index (χ2v) is 6.63. The third-order valence-corrected chi connectivity index (χ3v) is 5.48. The van der Waals surface area contributed by atoms with Crippen LogP contribution in [0.5, 0.6) is 0 Å². The zero-order valence-corrected chi connectivity index (χ0v) is 12.0. The molecule has 1 aromatic heterocycles. The molecule has 0 fully saturated rings. The van der Waals surface area contributed by atoms with Gasteiger partial charge in [0.1, 0.15) is 11.0 Å². The lowest BCUT2D eigenvalue weighted by molar-refractivity contribution is 0.594. The standard InChI is InChI=1S/C12H11N3O2S2/c1-9-8-18-12(14-9)15(2)19(16,17)11-6-4-3-5-10(11)7-13/h3-6,8H,1-2H3. The number of aromatic nitrogens is 1. The van der Waals surface area contributed by atoms with E-state index in [-0.39, 0.29) is 10.5 Å². The van der Waals surface area contributed by atoms with Crippen LogP contribution < -0.4 is 4.31 Å². The van der Waals surface area contributed by atoms with E-state index in [9.17, 15) is 8.42 Å². The molecule has 0 spiro atoms.